The smallest absolute Gasteiger partial charge is 0.0348 e. The minimum Gasteiger partial charge on any atom is -0.0845 e. The van der Waals surface area contributed by atoms with Crippen LogP contribution in [0, 0.1) is 6.92 Å². The first-order chi connectivity index (χ1) is 8.91. The van der Waals surface area contributed by atoms with Gasteiger partial charge in [0.1, 0.15) is 0 Å². The van der Waals surface area contributed by atoms with Gasteiger partial charge in [0.25, 0.3) is 0 Å². The second-order valence-corrected chi connectivity index (χ2v) is 4.79. The molecular formula is C18H31. The summed E-state index contributed by atoms with van der Waals surface area (Å²) in [4.78, 5) is 0. The maximum atomic E-state index is 3.86. The van der Waals surface area contributed by atoms with Crippen molar-refractivity contribution in [3.05, 3.63) is 43.4 Å². The van der Waals surface area contributed by atoms with E-state index in [-0.39, 0.29) is 0 Å². The van der Waals surface area contributed by atoms with Crippen molar-refractivity contribution in [1.29, 1.82) is 0 Å². The first-order valence-electron chi connectivity index (χ1n) is 7.69. The molecule has 0 aromatic carbocycles. The molecule has 0 aliphatic heterocycles. The normalized spacial score (nSPS) is 12.3. The molecule has 0 saturated carbocycles. The molecule has 0 heterocycles. The van der Waals surface area contributed by atoms with E-state index in [1.165, 1.54) is 57.8 Å². The fraction of sp³-hybridized carbons (Fsp3) is 0.611. The minimum absolute atomic E-state index is 1.09. The summed E-state index contributed by atoms with van der Waals surface area (Å²) < 4.78 is 0. The Hall–Kier alpha value is -0.780. The largest absolute Gasteiger partial charge is 0.0845 e. The third kappa shape index (κ3) is 15.2. The molecule has 0 amide bonds. The van der Waals surface area contributed by atoms with Crippen molar-refractivity contribution >= 4 is 0 Å². The highest BCUT2D eigenvalue weighted by Gasteiger charge is 1.87. The van der Waals surface area contributed by atoms with E-state index in [1.54, 1.807) is 0 Å². The molecule has 0 saturated heterocycles. The summed E-state index contributed by atoms with van der Waals surface area (Å²) in [7, 11) is 0. The Morgan fingerprint density at radius 1 is 0.667 bits per heavy atom. The monoisotopic (exact) mass is 247 g/mol. The van der Waals surface area contributed by atoms with Crippen LogP contribution >= 0.6 is 0 Å². The predicted octanol–water partition coefficient (Wildman–Crippen LogP) is 6.41. The van der Waals surface area contributed by atoms with E-state index in [2.05, 4.69) is 50.3 Å². The van der Waals surface area contributed by atoms with Gasteiger partial charge in [0.15, 0.2) is 0 Å². The summed E-state index contributed by atoms with van der Waals surface area (Å²) in [6.45, 7) is 6.09. The summed E-state index contributed by atoms with van der Waals surface area (Å²) >= 11 is 0. The molecule has 0 rings (SSSR count). The standard InChI is InChI=1S/C18H31/c1-3-5-7-9-11-13-15-17-18-16-14-12-10-8-6-4-2/h10,12,14,16-18H,1,3-9,11,13,15H2,2H3/b12-10+,16-14+,18-17+. The zero-order chi connectivity index (χ0) is 13.3. The molecule has 0 aromatic heterocycles. The van der Waals surface area contributed by atoms with E-state index < -0.39 is 0 Å². The summed E-state index contributed by atoms with van der Waals surface area (Å²) in [5.41, 5.74) is 0. The maximum absolute atomic E-state index is 3.86. The van der Waals surface area contributed by atoms with Crippen molar-refractivity contribution in [2.24, 2.45) is 0 Å². The molecule has 0 bridgehead atoms. The van der Waals surface area contributed by atoms with Crippen LogP contribution in [0.2, 0.25) is 0 Å². The molecule has 103 valence electrons. The van der Waals surface area contributed by atoms with Crippen LogP contribution in [0.5, 0.6) is 0 Å². The Balaban J connectivity index is 3.26. The summed E-state index contributed by atoms with van der Waals surface area (Å²) in [6, 6.07) is 0. The molecule has 0 nitrogen and oxygen atoms in total. The van der Waals surface area contributed by atoms with Crippen molar-refractivity contribution in [2.45, 2.75) is 71.1 Å². The maximum Gasteiger partial charge on any atom is -0.0348 e. The lowest BCUT2D eigenvalue weighted by atomic mass is 10.1. The van der Waals surface area contributed by atoms with Gasteiger partial charge >= 0.3 is 0 Å². The highest BCUT2D eigenvalue weighted by Crippen LogP contribution is 2.06. The van der Waals surface area contributed by atoms with Crippen molar-refractivity contribution in [1.82, 2.24) is 0 Å². The van der Waals surface area contributed by atoms with Crippen molar-refractivity contribution in [3.63, 3.8) is 0 Å². The zero-order valence-corrected chi connectivity index (χ0v) is 12.2. The predicted molar refractivity (Wildman–Crippen MR) is 84.6 cm³/mol. The van der Waals surface area contributed by atoms with Crippen molar-refractivity contribution in [3.8, 4) is 0 Å². The van der Waals surface area contributed by atoms with Gasteiger partial charge in [-0.15, -0.1) is 0 Å². The highest BCUT2D eigenvalue weighted by atomic mass is 13.9. The summed E-state index contributed by atoms with van der Waals surface area (Å²) in [6.07, 6.45) is 25.9. The molecule has 0 spiro atoms. The lowest BCUT2D eigenvalue weighted by molar-refractivity contribution is 0.621. The van der Waals surface area contributed by atoms with Crippen LogP contribution in [-0.4, -0.2) is 0 Å². The van der Waals surface area contributed by atoms with Crippen LogP contribution in [0.25, 0.3) is 0 Å². The Morgan fingerprint density at radius 2 is 1.22 bits per heavy atom. The molecule has 0 heteroatoms. The molecule has 0 atom stereocenters. The second-order valence-electron chi connectivity index (χ2n) is 4.79. The van der Waals surface area contributed by atoms with Gasteiger partial charge in [-0.1, -0.05) is 95.2 Å². The Bertz CT molecular complexity index is 220. The van der Waals surface area contributed by atoms with E-state index >= 15 is 0 Å². The minimum atomic E-state index is 1.09. The molecule has 18 heavy (non-hydrogen) atoms. The number of rotatable bonds is 12. The quantitative estimate of drug-likeness (QED) is 0.276. The van der Waals surface area contributed by atoms with E-state index in [4.69, 9.17) is 0 Å². The summed E-state index contributed by atoms with van der Waals surface area (Å²) in [5, 5.41) is 0. The Labute approximate surface area is 115 Å². The first-order valence-corrected chi connectivity index (χ1v) is 7.69. The molecule has 1 radical (unpaired) electrons. The van der Waals surface area contributed by atoms with Crippen LogP contribution in [0.15, 0.2) is 36.5 Å². The van der Waals surface area contributed by atoms with Gasteiger partial charge in [-0.05, 0) is 19.3 Å². The average molecular weight is 247 g/mol. The van der Waals surface area contributed by atoms with Crippen LogP contribution in [0.3, 0.4) is 0 Å². The topological polar surface area (TPSA) is 0 Å². The van der Waals surface area contributed by atoms with Crippen molar-refractivity contribution < 1.29 is 0 Å². The molecule has 0 fully saturated rings. The molecule has 0 aromatic rings. The van der Waals surface area contributed by atoms with Crippen LogP contribution < -0.4 is 0 Å². The second kappa shape index (κ2) is 16.2. The van der Waals surface area contributed by atoms with Gasteiger partial charge in [0.2, 0.25) is 0 Å². The van der Waals surface area contributed by atoms with E-state index in [0.717, 1.165) is 6.42 Å². The number of hydrogen-bond acceptors (Lipinski definition) is 0. The molecule has 0 aliphatic rings. The van der Waals surface area contributed by atoms with Crippen molar-refractivity contribution in [2.75, 3.05) is 0 Å². The van der Waals surface area contributed by atoms with E-state index in [1.807, 2.05) is 0 Å². The highest BCUT2D eigenvalue weighted by molar-refractivity contribution is 5.10. The van der Waals surface area contributed by atoms with Gasteiger partial charge in [-0.3, -0.25) is 0 Å². The third-order valence-corrected chi connectivity index (χ3v) is 2.95. The Kier molecular flexibility index (Phi) is 15.5. The molecular weight excluding hydrogens is 216 g/mol. The third-order valence-electron chi connectivity index (χ3n) is 2.95. The number of hydrogen-bond donors (Lipinski definition) is 0. The van der Waals surface area contributed by atoms with Gasteiger partial charge in [0, 0.05) is 0 Å². The van der Waals surface area contributed by atoms with E-state index in [0.29, 0.717) is 0 Å². The number of allylic oxidation sites excluding steroid dienone is 6. The molecule has 0 aliphatic carbocycles. The fourth-order valence-electron chi connectivity index (χ4n) is 1.77. The SMILES string of the molecule is [CH2]CCCCCCC/C=C/C=C/C=C/CCCC. The number of unbranched alkanes of at least 4 members (excludes halogenated alkanes) is 8. The van der Waals surface area contributed by atoms with Gasteiger partial charge in [0.05, 0.1) is 0 Å². The molecule has 0 N–H and O–H groups in total. The lowest BCUT2D eigenvalue weighted by Crippen LogP contribution is -1.77. The van der Waals surface area contributed by atoms with Gasteiger partial charge < -0.3 is 0 Å². The van der Waals surface area contributed by atoms with Gasteiger partial charge in [-0.2, -0.15) is 0 Å². The molecule has 0 unspecified atom stereocenters. The lowest BCUT2D eigenvalue weighted by Gasteiger charge is -1.97. The summed E-state index contributed by atoms with van der Waals surface area (Å²) in [5.74, 6) is 0. The van der Waals surface area contributed by atoms with Gasteiger partial charge in [-0.25, -0.2) is 0 Å². The Morgan fingerprint density at radius 3 is 1.83 bits per heavy atom. The average Bonchev–Trinajstić information content (AvgIpc) is 2.39. The van der Waals surface area contributed by atoms with Crippen LogP contribution in [-0.2, 0) is 0 Å². The van der Waals surface area contributed by atoms with Crippen LogP contribution in [0.1, 0.15) is 71.1 Å². The first kappa shape index (κ1) is 17.2. The zero-order valence-electron chi connectivity index (χ0n) is 12.2. The van der Waals surface area contributed by atoms with Crippen LogP contribution in [0.4, 0.5) is 0 Å². The van der Waals surface area contributed by atoms with E-state index in [9.17, 15) is 0 Å². The fourth-order valence-corrected chi connectivity index (χ4v) is 1.77.